The number of nitriles is 1. The molecule has 1 aliphatic rings. The molecule has 1 aliphatic heterocycles. The fraction of sp³-hybridized carbons (Fsp3) is 0.529. The zero-order valence-corrected chi connectivity index (χ0v) is 13.3. The summed E-state index contributed by atoms with van der Waals surface area (Å²) >= 11 is 0. The van der Waals surface area contributed by atoms with Crippen LogP contribution >= 0.6 is 0 Å². The number of ether oxygens (including phenoxy) is 1. The minimum Gasteiger partial charge on any atom is -0.493 e. The van der Waals surface area contributed by atoms with Crippen LogP contribution in [0, 0.1) is 11.3 Å². The number of rotatable bonds is 5. The van der Waals surface area contributed by atoms with E-state index < -0.39 is 0 Å². The average Bonchev–Trinajstić information content (AvgIpc) is 2.55. The first-order valence-electron chi connectivity index (χ1n) is 7.79. The lowest BCUT2D eigenvalue weighted by Crippen LogP contribution is -2.51. The second-order valence-electron chi connectivity index (χ2n) is 5.47. The molecular formula is C17H23N3O2. The van der Waals surface area contributed by atoms with Crippen molar-refractivity contribution in [2.45, 2.75) is 26.3 Å². The van der Waals surface area contributed by atoms with Crippen molar-refractivity contribution in [1.29, 1.82) is 5.26 Å². The lowest BCUT2D eigenvalue weighted by atomic mass is 10.1. The van der Waals surface area contributed by atoms with Gasteiger partial charge in [0.1, 0.15) is 5.75 Å². The van der Waals surface area contributed by atoms with Crippen molar-refractivity contribution < 1.29 is 9.53 Å². The summed E-state index contributed by atoms with van der Waals surface area (Å²) in [5.74, 6) is 0.673. The predicted octanol–water partition coefficient (Wildman–Crippen LogP) is 2.15. The molecule has 0 radical (unpaired) electrons. The van der Waals surface area contributed by atoms with Gasteiger partial charge in [-0.2, -0.15) is 5.26 Å². The summed E-state index contributed by atoms with van der Waals surface area (Å²) < 4.78 is 5.55. The maximum absolute atomic E-state index is 12.7. The summed E-state index contributed by atoms with van der Waals surface area (Å²) in [5.41, 5.74) is 0.628. The highest BCUT2D eigenvalue weighted by Gasteiger charge is 2.26. The van der Waals surface area contributed by atoms with Crippen LogP contribution in [0.5, 0.6) is 5.75 Å². The third kappa shape index (κ3) is 3.77. The van der Waals surface area contributed by atoms with Crippen molar-refractivity contribution in [3.05, 3.63) is 29.8 Å². The zero-order valence-electron chi connectivity index (χ0n) is 13.3. The lowest BCUT2D eigenvalue weighted by molar-refractivity contribution is 0.0582. The standard InChI is InChI=1S/C17H23N3O2/c1-3-22-16-7-5-4-6-15(16)17(21)20-12-10-19(11-13-20)14(2)8-9-18/h4-7,14H,3,8,10-13H2,1-2H3. The Labute approximate surface area is 132 Å². The summed E-state index contributed by atoms with van der Waals surface area (Å²) in [5, 5.41) is 8.78. The Hall–Kier alpha value is -2.06. The number of nitrogens with zero attached hydrogens (tertiary/aromatic N) is 3. The van der Waals surface area contributed by atoms with E-state index in [0.29, 0.717) is 37.4 Å². The molecule has 2 rings (SSSR count). The van der Waals surface area contributed by atoms with E-state index in [-0.39, 0.29) is 11.9 Å². The van der Waals surface area contributed by atoms with Gasteiger partial charge < -0.3 is 9.64 Å². The number of para-hydroxylation sites is 1. The van der Waals surface area contributed by atoms with Gasteiger partial charge in [0, 0.05) is 32.2 Å². The van der Waals surface area contributed by atoms with Crippen molar-refractivity contribution in [2.75, 3.05) is 32.8 Å². The van der Waals surface area contributed by atoms with E-state index in [1.54, 1.807) is 0 Å². The van der Waals surface area contributed by atoms with Crippen molar-refractivity contribution in [2.24, 2.45) is 0 Å². The van der Waals surface area contributed by atoms with Crippen LogP contribution in [-0.4, -0.2) is 54.5 Å². The Morgan fingerprint density at radius 1 is 1.32 bits per heavy atom. The summed E-state index contributed by atoms with van der Waals surface area (Å²) in [6.45, 7) is 7.52. The van der Waals surface area contributed by atoms with Gasteiger partial charge in [0.15, 0.2) is 0 Å². The molecule has 0 spiro atoms. The van der Waals surface area contributed by atoms with Crippen molar-refractivity contribution in [1.82, 2.24) is 9.80 Å². The average molecular weight is 301 g/mol. The minimum atomic E-state index is 0.0247. The molecule has 0 aliphatic carbocycles. The molecule has 1 atom stereocenters. The zero-order chi connectivity index (χ0) is 15.9. The fourth-order valence-corrected chi connectivity index (χ4v) is 2.72. The number of hydrogen-bond acceptors (Lipinski definition) is 4. The quantitative estimate of drug-likeness (QED) is 0.836. The van der Waals surface area contributed by atoms with E-state index in [1.807, 2.05) is 36.1 Å². The SMILES string of the molecule is CCOc1ccccc1C(=O)N1CCN(C(C)CC#N)CC1. The number of hydrogen-bond donors (Lipinski definition) is 0. The van der Waals surface area contributed by atoms with Gasteiger partial charge in [0.05, 0.1) is 24.7 Å². The highest BCUT2D eigenvalue weighted by atomic mass is 16.5. The second-order valence-corrected chi connectivity index (χ2v) is 5.47. The lowest BCUT2D eigenvalue weighted by Gasteiger charge is -2.37. The number of carbonyl (C=O) groups excluding carboxylic acids is 1. The van der Waals surface area contributed by atoms with Crippen LogP contribution in [-0.2, 0) is 0 Å². The first-order valence-corrected chi connectivity index (χ1v) is 7.79. The first kappa shape index (κ1) is 16.3. The summed E-state index contributed by atoms with van der Waals surface area (Å²) in [4.78, 5) is 16.8. The van der Waals surface area contributed by atoms with Crippen LogP contribution in [0.2, 0.25) is 0 Å². The summed E-state index contributed by atoms with van der Waals surface area (Å²) in [7, 11) is 0. The van der Waals surface area contributed by atoms with Gasteiger partial charge in [-0.15, -0.1) is 0 Å². The minimum absolute atomic E-state index is 0.0247. The van der Waals surface area contributed by atoms with Gasteiger partial charge >= 0.3 is 0 Å². The van der Waals surface area contributed by atoms with Crippen molar-refractivity contribution in [3.8, 4) is 11.8 Å². The van der Waals surface area contributed by atoms with Gasteiger partial charge in [-0.3, -0.25) is 9.69 Å². The Bertz CT molecular complexity index is 545. The Morgan fingerprint density at radius 3 is 2.64 bits per heavy atom. The van der Waals surface area contributed by atoms with Crippen LogP contribution < -0.4 is 4.74 Å². The van der Waals surface area contributed by atoms with Crippen LogP contribution in [0.1, 0.15) is 30.6 Å². The molecule has 118 valence electrons. The molecule has 1 saturated heterocycles. The van der Waals surface area contributed by atoms with E-state index in [4.69, 9.17) is 10.00 Å². The molecule has 1 aromatic carbocycles. The molecule has 22 heavy (non-hydrogen) atoms. The van der Waals surface area contributed by atoms with Gasteiger partial charge in [0.25, 0.3) is 5.91 Å². The Balaban J connectivity index is 2.00. The molecule has 0 saturated carbocycles. The molecule has 0 N–H and O–H groups in total. The predicted molar refractivity (Wildman–Crippen MR) is 84.8 cm³/mol. The van der Waals surface area contributed by atoms with E-state index in [1.165, 1.54) is 0 Å². The van der Waals surface area contributed by atoms with Crippen LogP contribution in [0.25, 0.3) is 0 Å². The third-order valence-corrected chi connectivity index (χ3v) is 4.03. The molecule has 0 bridgehead atoms. The molecular weight excluding hydrogens is 278 g/mol. The van der Waals surface area contributed by atoms with Crippen molar-refractivity contribution >= 4 is 5.91 Å². The third-order valence-electron chi connectivity index (χ3n) is 4.03. The van der Waals surface area contributed by atoms with Gasteiger partial charge in [-0.25, -0.2) is 0 Å². The second kappa shape index (κ2) is 7.81. The molecule has 1 unspecified atom stereocenters. The highest BCUT2D eigenvalue weighted by molar-refractivity contribution is 5.97. The normalized spacial score (nSPS) is 16.9. The monoisotopic (exact) mass is 301 g/mol. The Kier molecular flexibility index (Phi) is 5.79. The summed E-state index contributed by atoms with van der Waals surface area (Å²) in [6, 6.07) is 9.85. The first-order chi connectivity index (χ1) is 10.7. The van der Waals surface area contributed by atoms with E-state index >= 15 is 0 Å². The molecule has 1 fully saturated rings. The van der Waals surface area contributed by atoms with Gasteiger partial charge in [-0.1, -0.05) is 12.1 Å². The Morgan fingerprint density at radius 2 is 2.00 bits per heavy atom. The van der Waals surface area contributed by atoms with Crippen LogP contribution in [0.15, 0.2) is 24.3 Å². The smallest absolute Gasteiger partial charge is 0.257 e. The molecule has 5 heteroatoms. The van der Waals surface area contributed by atoms with Crippen molar-refractivity contribution in [3.63, 3.8) is 0 Å². The van der Waals surface area contributed by atoms with Crippen LogP contribution in [0.4, 0.5) is 0 Å². The maximum Gasteiger partial charge on any atom is 0.257 e. The number of carbonyl (C=O) groups is 1. The number of benzene rings is 1. The largest absolute Gasteiger partial charge is 0.493 e. The maximum atomic E-state index is 12.7. The van der Waals surface area contributed by atoms with E-state index in [0.717, 1.165) is 13.1 Å². The van der Waals surface area contributed by atoms with Gasteiger partial charge in [-0.05, 0) is 26.0 Å². The van der Waals surface area contributed by atoms with Crippen LogP contribution in [0.3, 0.4) is 0 Å². The van der Waals surface area contributed by atoms with E-state index in [2.05, 4.69) is 17.9 Å². The topological polar surface area (TPSA) is 56.6 Å². The highest BCUT2D eigenvalue weighted by Crippen LogP contribution is 2.21. The molecule has 1 heterocycles. The fourth-order valence-electron chi connectivity index (χ4n) is 2.72. The molecule has 5 nitrogen and oxygen atoms in total. The number of amides is 1. The molecule has 0 aromatic heterocycles. The molecule has 1 amide bonds. The summed E-state index contributed by atoms with van der Waals surface area (Å²) in [6.07, 6.45) is 0.529. The molecule has 1 aromatic rings. The van der Waals surface area contributed by atoms with Gasteiger partial charge in [0.2, 0.25) is 0 Å². The van der Waals surface area contributed by atoms with E-state index in [9.17, 15) is 4.79 Å². The number of piperazine rings is 1.